The van der Waals surface area contributed by atoms with Gasteiger partial charge in [0.2, 0.25) is 5.90 Å². The molecule has 1 aliphatic heterocycles. The summed E-state index contributed by atoms with van der Waals surface area (Å²) in [4.78, 5) is 19.2. The Morgan fingerprint density at radius 2 is 2.47 bits per heavy atom. The second-order valence-corrected chi connectivity index (χ2v) is 3.04. The summed E-state index contributed by atoms with van der Waals surface area (Å²) >= 11 is 0. The maximum Gasteiger partial charge on any atom is 0.334 e. The Hall–Kier alpha value is -1.85. The van der Waals surface area contributed by atoms with Gasteiger partial charge in [-0.3, -0.25) is 0 Å². The summed E-state index contributed by atoms with van der Waals surface area (Å²) in [6.45, 7) is 1.91. The van der Waals surface area contributed by atoms with Crippen molar-refractivity contribution in [2.24, 2.45) is 4.99 Å². The minimum absolute atomic E-state index is 0.188. The highest BCUT2D eigenvalue weighted by Crippen LogP contribution is 2.12. The minimum Gasteiger partial charge on any atom is -0.473 e. The average molecular weight is 210 g/mol. The van der Waals surface area contributed by atoms with E-state index in [2.05, 4.69) is 14.7 Å². The number of carbonyl (C=O) groups excluding carboxylic acids is 1. The second-order valence-electron chi connectivity index (χ2n) is 3.04. The molecule has 0 saturated carbocycles. The number of methoxy groups -OCH3 is 1. The summed E-state index contributed by atoms with van der Waals surface area (Å²) in [6, 6.07) is -0.595. The van der Waals surface area contributed by atoms with E-state index in [4.69, 9.17) is 9.15 Å². The van der Waals surface area contributed by atoms with Crippen LogP contribution in [0, 0.1) is 6.92 Å². The molecule has 0 fully saturated rings. The molecule has 0 amide bonds. The number of hydrogen-bond acceptors (Lipinski definition) is 6. The fourth-order valence-corrected chi connectivity index (χ4v) is 1.23. The Morgan fingerprint density at radius 1 is 1.67 bits per heavy atom. The smallest absolute Gasteiger partial charge is 0.334 e. The molecule has 6 heteroatoms. The predicted molar refractivity (Wildman–Crippen MR) is 49.5 cm³/mol. The Kier molecular flexibility index (Phi) is 2.40. The second kappa shape index (κ2) is 3.72. The van der Waals surface area contributed by atoms with E-state index in [0.717, 1.165) is 0 Å². The van der Waals surface area contributed by atoms with Crippen molar-refractivity contribution in [2.45, 2.75) is 13.0 Å². The van der Waals surface area contributed by atoms with Crippen LogP contribution < -0.4 is 0 Å². The highest BCUT2D eigenvalue weighted by molar-refractivity contribution is 5.95. The lowest BCUT2D eigenvalue weighted by Gasteiger charge is -1.99. The first kappa shape index (κ1) is 9.70. The zero-order chi connectivity index (χ0) is 10.8. The lowest BCUT2D eigenvalue weighted by atomic mass is 10.3. The summed E-state index contributed by atoms with van der Waals surface area (Å²) in [5.74, 6) is 0.435. The first-order chi connectivity index (χ1) is 7.20. The normalized spacial score (nSPS) is 19.6. The number of aromatic nitrogens is 1. The number of rotatable bonds is 2. The maximum atomic E-state index is 11.1. The van der Waals surface area contributed by atoms with Gasteiger partial charge in [0.05, 0.1) is 7.11 Å². The Balaban J connectivity index is 2.16. The van der Waals surface area contributed by atoms with Gasteiger partial charge < -0.3 is 13.9 Å². The summed E-state index contributed by atoms with van der Waals surface area (Å²) in [6.07, 6.45) is 1.44. The lowest BCUT2D eigenvalue weighted by molar-refractivity contribution is -0.142. The highest BCUT2D eigenvalue weighted by atomic mass is 16.5. The molecule has 6 nitrogen and oxygen atoms in total. The molecule has 0 spiro atoms. The number of hydrogen-bond donors (Lipinski definition) is 0. The summed E-state index contributed by atoms with van der Waals surface area (Å²) < 4.78 is 14.8. The van der Waals surface area contributed by atoms with Crippen molar-refractivity contribution in [2.75, 3.05) is 13.7 Å². The molecular formula is C9H10N2O4. The quantitative estimate of drug-likeness (QED) is 0.656. The van der Waals surface area contributed by atoms with Crippen LogP contribution in [0.4, 0.5) is 0 Å². The first-order valence-corrected chi connectivity index (χ1v) is 4.41. The number of ether oxygens (including phenoxy) is 2. The molecule has 0 aliphatic carbocycles. The van der Waals surface area contributed by atoms with Crippen molar-refractivity contribution in [3.8, 4) is 0 Å². The number of nitrogens with zero attached hydrogens (tertiary/aromatic N) is 2. The molecule has 0 aromatic carbocycles. The van der Waals surface area contributed by atoms with Gasteiger partial charge in [0.15, 0.2) is 17.6 Å². The van der Waals surface area contributed by atoms with Crippen LogP contribution in [0.25, 0.3) is 0 Å². The van der Waals surface area contributed by atoms with E-state index in [1.807, 2.05) is 0 Å². The van der Waals surface area contributed by atoms with Gasteiger partial charge in [-0.1, -0.05) is 0 Å². The minimum atomic E-state index is -0.595. The van der Waals surface area contributed by atoms with Crippen molar-refractivity contribution < 1.29 is 18.7 Å². The third kappa shape index (κ3) is 1.83. The Bertz CT molecular complexity index is 410. The molecule has 0 unspecified atom stereocenters. The summed E-state index contributed by atoms with van der Waals surface area (Å²) in [5, 5.41) is 0. The number of esters is 1. The topological polar surface area (TPSA) is 73.9 Å². The third-order valence-electron chi connectivity index (χ3n) is 1.96. The molecule has 15 heavy (non-hydrogen) atoms. The molecule has 2 heterocycles. The standard InChI is InChI=1S/C9H10N2O4/c1-5-10-6(3-14-5)8-11-7(4-15-8)9(12)13-2/h3,7H,4H2,1-2H3/t7-/m0/s1. The molecule has 1 aromatic heterocycles. The molecule has 1 atom stereocenters. The van der Waals surface area contributed by atoms with E-state index in [0.29, 0.717) is 17.5 Å². The molecule has 0 radical (unpaired) electrons. The van der Waals surface area contributed by atoms with Gasteiger partial charge in [-0.15, -0.1) is 0 Å². The van der Waals surface area contributed by atoms with Gasteiger partial charge in [-0.25, -0.2) is 14.8 Å². The molecular weight excluding hydrogens is 200 g/mol. The fourth-order valence-electron chi connectivity index (χ4n) is 1.23. The first-order valence-electron chi connectivity index (χ1n) is 4.41. The molecule has 80 valence electrons. The van der Waals surface area contributed by atoms with E-state index < -0.39 is 12.0 Å². The van der Waals surface area contributed by atoms with Crippen molar-refractivity contribution in [3.63, 3.8) is 0 Å². The number of aliphatic imine (C=N–C) groups is 1. The maximum absolute atomic E-state index is 11.1. The van der Waals surface area contributed by atoms with E-state index in [-0.39, 0.29) is 6.61 Å². The van der Waals surface area contributed by atoms with Crippen LogP contribution in [0.1, 0.15) is 11.6 Å². The highest BCUT2D eigenvalue weighted by Gasteiger charge is 2.28. The Labute approximate surface area is 85.9 Å². The molecule has 0 saturated heterocycles. The van der Waals surface area contributed by atoms with Gasteiger partial charge in [0.1, 0.15) is 12.9 Å². The van der Waals surface area contributed by atoms with Crippen molar-refractivity contribution in [1.82, 2.24) is 4.98 Å². The van der Waals surface area contributed by atoms with Gasteiger partial charge >= 0.3 is 5.97 Å². The van der Waals surface area contributed by atoms with Crippen LogP contribution in [0.15, 0.2) is 15.7 Å². The molecule has 0 N–H and O–H groups in total. The number of carbonyl (C=O) groups is 1. The van der Waals surface area contributed by atoms with Crippen LogP contribution in [0.3, 0.4) is 0 Å². The zero-order valence-electron chi connectivity index (χ0n) is 8.39. The Morgan fingerprint density at radius 3 is 3.07 bits per heavy atom. The molecule has 0 bridgehead atoms. The van der Waals surface area contributed by atoms with Crippen molar-refractivity contribution in [3.05, 3.63) is 17.8 Å². The summed E-state index contributed by atoms with van der Waals surface area (Å²) in [7, 11) is 1.32. The summed E-state index contributed by atoms with van der Waals surface area (Å²) in [5.41, 5.74) is 0.499. The zero-order valence-corrected chi connectivity index (χ0v) is 8.39. The molecule has 1 aromatic rings. The van der Waals surface area contributed by atoms with Crippen LogP contribution in [0.5, 0.6) is 0 Å². The van der Waals surface area contributed by atoms with E-state index in [1.165, 1.54) is 13.4 Å². The lowest BCUT2D eigenvalue weighted by Crippen LogP contribution is -2.21. The van der Waals surface area contributed by atoms with Crippen LogP contribution in [0.2, 0.25) is 0 Å². The van der Waals surface area contributed by atoms with Gasteiger partial charge in [-0.2, -0.15) is 0 Å². The molecule has 1 aliphatic rings. The predicted octanol–water partition coefficient (Wildman–Crippen LogP) is 0.301. The van der Waals surface area contributed by atoms with E-state index in [1.54, 1.807) is 6.92 Å². The number of oxazole rings is 1. The van der Waals surface area contributed by atoms with Crippen LogP contribution in [-0.4, -0.2) is 36.6 Å². The molecule has 2 rings (SSSR count). The van der Waals surface area contributed by atoms with E-state index in [9.17, 15) is 4.79 Å². The van der Waals surface area contributed by atoms with Crippen molar-refractivity contribution >= 4 is 11.9 Å². The number of aryl methyl sites for hydroxylation is 1. The fraction of sp³-hybridized carbons (Fsp3) is 0.444. The largest absolute Gasteiger partial charge is 0.473 e. The monoisotopic (exact) mass is 210 g/mol. The van der Waals surface area contributed by atoms with Gasteiger partial charge in [-0.05, 0) is 0 Å². The van der Waals surface area contributed by atoms with Gasteiger partial charge in [0, 0.05) is 6.92 Å². The SMILES string of the molecule is COC(=O)[C@@H]1COC(c2coc(C)n2)=N1. The van der Waals surface area contributed by atoms with Crippen molar-refractivity contribution in [1.29, 1.82) is 0 Å². The van der Waals surface area contributed by atoms with Gasteiger partial charge in [0.25, 0.3) is 0 Å². The van der Waals surface area contributed by atoms with E-state index >= 15 is 0 Å². The van der Waals surface area contributed by atoms with Crippen LogP contribution in [-0.2, 0) is 14.3 Å². The average Bonchev–Trinajstić information content (AvgIpc) is 2.84. The third-order valence-corrected chi connectivity index (χ3v) is 1.96. The van der Waals surface area contributed by atoms with Crippen LogP contribution >= 0.6 is 0 Å².